The summed E-state index contributed by atoms with van der Waals surface area (Å²) in [5.41, 5.74) is 7.01. The number of aryl methyl sites for hydroxylation is 1. The fourth-order valence-corrected chi connectivity index (χ4v) is 3.09. The van der Waals surface area contributed by atoms with Gasteiger partial charge in [-0.1, -0.05) is 13.3 Å². The van der Waals surface area contributed by atoms with Crippen LogP contribution >= 0.6 is 11.3 Å². The van der Waals surface area contributed by atoms with E-state index in [0.717, 1.165) is 24.8 Å². The lowest BCUT2D eigenvalue weighted by molar-refractivity contribution is -0.116. The van der Waals surface area contributed by atoms with Gasteiger partial charge in [0.15, 0.2) is 0 Å². The van der Waals surface area contributed by atoms with Crippen molar-refractivity contribution in [1.82, 2.24) is 0 Å². The van der Waals surface area contributed by atoms with Gasteiger partial charge in [0.2, 0.25) is 5.91 Å². The van der Waals surface area contributed by atoms with E-state index in [4.69, 9.17) is 10.5 Å². The Morgan fingerprint density at radius 3 is 2.71 bits per heavy atom. The fourth-order valence-electron chi connectivity index (χ4n) is 2.17. The largest absolute Gasteiger partial charge is 0.465 e. The average Bonchev–Trinajstić information content (AvgIpc) is 2.84. The van der Waals surface area contributed by atoms with E-state index in [-0.39, 0.29) is 5.91 Å². The summed E-state index contributed by atoms with van der Waals surface area (Å²) in [4.78, 5) is 24.2. The van der Waals surface area contributed by atoms with Crippen molar-refractivity contribution in [2.24, 2.45) is 11.7 Å². The van der Waals surface area contributed by atoms with E-state index in [2.05, 4.69) is 12.2 Å². The number of nitrogens with one attached hydrogen (secondary N) is 1. The number of hydrogen-bond donors (Lipinski definition) is 2. The molecule has 1 atom stereocenters. The zero-order chi connectivity index (χ0) is 15.8. The van der Waals surface area contributed by atoms with Crippen LogP contribution in [0.2, 0.25) is 0 Å². The Morgan fingerprint density at radius 2 is 2.14 bits per heavy atom. The zero-order valence-electron chi connectivity index (χ0n) is 12.9. The molecule has 0 aliphatic heterocycles. The second kappa shape index (κ2) is 8.79. The number of carbonyl (C=O) groups excluding carboxylic acids is 2. The van der Waals surface area contributed by atoms with Gasteiger partial charge in [0.25, 0.3) is 0 Å². The van der Waals surface area contributed by atoms with Crippen molar-refractivity contribution < 1.29 is 14.3 Å². The van der Waals surface area contributed by atoms with E-state index in [1.165, 1.54) is 18.4 Å². The molecule has 1 heterocycles. The third kappa shape index (κ3) is 5.13. The average molecular weight is 312 g/mol. The van der Waals surface area contributed by atoms with Crippen LogP contribution < -0.4 is 11.1 Å². The minimum absolute atomic E-state index is 0.0721. The van der Waals surface area contributed by atoms with E-state index >= 15 is 0 Å². The lowest BCUT2D eigenvalue weighted by Crippen LogP contribution is -2.16. The fraction of sp³-hybridized carbons (Fsp3) is 0.600. The normalized spacial score (nSPS) is 12.0. The Balaban J connectivity index is 2.63. The predicted octanol–water partition coefficient (Wildman–Crippen LogP) is 2.94. The highest BCUT2D eigenvalue weighted by Gasteiger charge is 2.19. The van der Waals surface area contributed by atoms with Gasteiger partial charge >= 0.3 is 5.97 Å². The molecule has 0 saturated heterocycles. The van der Waals surface area contributed by atoms with Gasteiger partial charge in [0, 0.05) is 6.42 Å². The Labute approximate surface area is 129 Å². The van der Waals surface area contributed by atoms with Crippen LogP contribution in [0.1, 0.15) is 47.8 Å². The zero-order valence-corrected chi connectivity index (χ0v) is 13.7. The Kier molecular flexibility index (Phi) is 7.39. The summed E-state index contributed by atoms with van der Waals surface area (Å²) < 4.78 is 4.73. The number of hydrogen-bond acceptors (Lipinski definition) is 5. The summed E-state index contributed by atoms with van der Waals surface area (Å²) in [7, 11) is 1.33. The van der Waals surface area contributed by atoms with Gasteiger partial charge in [0.1, 0.15) is 4.88 Å². The van der Waals surface area contributed by atoms with Gasteiger partial charge < -0.3 is 15.8 Å². The predicted molar refractivity (Wildman–Crippen MR) is 85.7 cm³/mol. The van der Waals surface area contributed by atoms with Crippen molar-refractivity contribution in [3.05, 3.63) is 15.8 Å². The molecule has 118 valence electrons. The molecule has 1 rings (SSSR count). The monoisotopic (exact) mass is 312 g/mol. The number of amides is 1. The van der Waals surface area contributed by atoms with Crippen LogP contribution in [0.5, 0.6) is 0 Å². The van der Waals surface area contributed by atoms with Crippen LogP contribution in [0.4, 0.5) is 5.69 Å². The summed E-state index contributed by atoms with van der Waals surface area (Å²) in [5.74, 6) is -0.0144. The maximum Gasteiger partial charge on any atom is 0.350 e. The summed E-state index contributed by atoms with van der Waals surface area (Å²) in [6, 6.07) is 0. The van der Waals surface area contributed by atoms with Gasteiger partial charge in [0.05, 0.1) is 12.8 Å². The number of esters is 1. The van der Waals surface area contributed by atoms with Gasteiger partial charge in [-0.3, -0.25) is 4.79 Å². The molecule has 0 saturated carbocycles. The second-order valence-corrected chi connectivity index (χ2v) is 5.93. The molecule has 1 aromatic heterocycles. The van der Waals surface area contributed by atoms with Crippen LogP contribution in [0, 0.1) is 12.8 Å². The number of rotatable bonds is 8. The second-order valence-electron chi connectivity index (χ2n) is 5.05. The van der Waals surface area contributed by atoms with Crippen LogP contribution in [-0.2, 0) is 9.53 Å². The molecule has 0 radical (unpaired) electrons. The number of nitrogens with two attached hydrogens (primary N) is 1. The minimum atomic E-state index is -0.419. The molecule has 0 spiro atoms. The van der Waals surface area contributed by atoms with Crippen molar-refractivity contribution in [2.45, 2.75) is 39.5 Å². The van der Waals surface area contributed by atoms with Crippen LogP contribution in [0.25, 0.3) is 0 Å². The maximum atomic E-state index is 12.1. The quantitative estimate of drug-likeness (QED) is 0.723. The first-order chi connectivity index (χ1) is 10.0. The number of methoxy groups -OCH3 is 1. The molecule has 21 heavy (non-hydrogen) atoms. The van der Waals surface area contributed by atoms with Crippen molar-refractivity contribution in [2.75, 3.05) is 19.0 Å². The van der Waals surface area contributed by atoms with Crippen molar-refractivity contribution in [3.63, 3.8) is 0 Å². The first-order valence-electron chi connectivity index (χ1n) is 7.19. The van der Waals surface area contributed by atoms with Crippen molar-refractivity contribution >= 4 is 28.9 Å². The molecule has 0 aliphatic carbocycles. The van der Waals surface area contributed by atoms with E-state index in [0.29, 0.717) is 29.4 Å². The number of ether oxygens (including phenoxy) is 1. The lowest BCUT2D eigenvalue weighted by Gasteiger charge is -2.13. The van der Waals surface area contributed by atoms with Gasteiger partial charge in [-0.25, -0.2) is 4.79 Å². The van der Waals surface area contributed by atoms with Crippen LogP contribution in [0.15, 0.2) is 5.38 Å². The topological polar surface area (TPSA) is 81.4 Å². The first-order valence-corrected chi connectivity index (χ1v) is 8.07. The molecule has 1 unspecified atom stereocenters. The van der Waals surface area contributed by atoms with E-state index in [1.807, 2.05) is 12.3 Å². The SMILES string of the molecule is CCC(CCN)CCC(=O)Nc1c(C)csc1C(=O)OC. The van der Waals surface area contributed by atoms with E-state index in [1.54, 1.807) is 0 Å². The Morgan fingerprint density at radius 1 is 1.43 bits per heavy atom. The van der Waals surface area contributed by atoms with Crippen LogP contribution in [-0.4, -0.2) is 25.5 Å². The molecular weight excluding hydrogens is 288 g/mol. The third-order valence-electron chi connectivity index (χ3n) is 3.54. The molecule has 0 fully saturated rings. The van der Waals surface area contributed by atoms with Gasteiger partial charge in [-0.05, 0) is 43.2 Å². The van der Waals surface area contributed by atoms with Crippen molar-refractivity contribution in [3.8, 4) is 0 Å². The molecule has 0 aliphatic rings. The molecule has 0 aromatic carbocycles. The molecule has 1 amide bonds. The first kappa shape index (κ1) is 17.7. The standard InChI is InChI=1S/C15H24N2O3S/c1-4-11(7-8-16)5-6-12(18)17-13-10(2)9-21-14(13)15(19)20-3/h9,11H,4-8,16H2,1-3H3,(H,17,18). The lowest BCUT2D eigenvalue weighted by atomic mass is 9.96. The summed E-state index contributed by atoms with van der Waals surface area (Å²) in [6.45, 7) is 4.62. The molecule has 1 aromatic rings. The summed E-state index contributed by atoms with van der Waals surface area (Å²) >= 11 is 1.28. The number of carbonyl (C=O) groups is 2. The molecule has 0 bridgehead atoms. The smallest absolute Gasteiger partial charge is 0.350 e. The third-order valence-corrected chi connectivity index (χ3v) is 4.62. The molecule has 6 heteroatoms. The van der Waals surface area contributed by atoms with E-state index < -0.39 is 5.97 Å². The maximum absolute atomic E-state index is 12.1. The van der Waals surface area contributed by atoms with Crippen LogP contribution in [0.3, 0.4) is 0 Å². The van der Waals surface area contributed by atoms with Gasteiger partial charge in [-0.2, -0.15) is 0 Å². The highest BCUT2D eigenvalue weighted by molar-refractivity contribution is 7.12. The molecule has 3 N–H and O–H groups in total. The Bertz CT molecular complexity index is 485. The summed E-state index contributed by atoms with van der Waals surface area (Å²) in [5, 5.41) is 4.67. The number of thiophene rings is 1. The molecular formula is C15H24N2O3S. The summed E-state index contributed by atoms with van der Waals surface area (Å²) in [6.07, 6.45) is 3.22. The highest BCUT2D eigenvalue weighted by Crippen LogP contribution is 2.28. The van der Waals surface area contributed by atoms with E-state index in [9.17, 15) is 9.59 Å². The minimum Gasteiger partial charge on any atom is -0.465 e. The highest BCUT2D eigenvalue weighted by atomic mass is 32.1. The number of anilines is 1. The Hall–Kier alpha value is -1.40. The van der Waals surface area contributed by atoms with Gasteiger partial charge in [-0.15, -0.1) is 11.3 Å². The molecule has 5 nitrogen and oxygen atoms in total. The van der Waals surface area contributed by atoms with Crippen molar-refractivity contribution in [1.29, 1.82) is 0 Å².